The van der Waals surface area contributed by atoms with Crippen LogP contribution in [0.3, 0.4) is 0 Å². The second kappa shape index (κ2) is 4.34. The fourth-order valence-corrected chi connectivity index (χ4v) is 2.63. The Morgan fingerprint density at radius 2 is 1.94 bits per heavy atom. The van der Waals surface area contributed by atoms with Crippen LogP contribution in [0.5, 0.6) is 0 Å². The van der Waals surface area contributed by atoms with Crippen molar-refractivity contribution >= 4 is 21.7 Å². The van der Waals surface area contributed by atoms with Crippen LogP contribution >= 0.6 is 0 Å². The molecular weight excluding hydrogens is 254 g/mol. The number of nitrogens with zero attached hydrogens (tertiary/aromatic N) is 1. The van der Waals surface area contributed by atoms with Gasteiger partial charge in [-0.15, -0.1) is 0 Å². The summed E-state index contributed by atoms with van der Waals surface area (Å²) in [7, 11) is -3.78. The monoisotopic (exact) mass is 267 g/mol. The van der Waals surface area contributed by atoms with E-state index in [0.717, 1.165) is 11.1 Å². The zero-order valence-corrected chi connectivity index (χ0v) is 10.8. The molecular formula is C11H13N3O3S. The number of oxazole rings is 1. The van der Waals surface area contributed by atoms with Crippen molar-refractivity contribution in [2.45, 2.75) is 18.7 Å². The summed E-state index contributed by atoms with van der Waals surface area (Å²) >= 11 is 0. The van der Waals surface area contributed by atoms with E-state index in [1.807, 2.05) is 13.8 Å². The van der Waals surface area contributed by atoms with Gasteiger partial charge in [0.05, 0.1) is 11.9 Å². The highest BCUT2D eigenvalue weighted by Gasteiger charge is 2.20. The maximum atomic E-state index is 12.1. The Bertz CT molecular complexity index is 663. The molecule has 6 nitrogen and oxygen atoms in total. The fraction of sp³-hybridized carbons (Fsp3) is 0.182. The molecule has 96 valence electrons. The van der Waals surface area contributed by atoms with E-state index in [4.69, 9.17) is 10.2 Å². The van der Waals surface area contributed by atoms with Crippen LogP contribution in [0.2, 0.25) is 0 Å². The van der Waals surface area contributed by atoms with Crippen molar-refractivity contribution in [2.75, 3.05) is 10.5 Å². The maximum Gasteiger partial charge on any atom is 0.308 e. The highest BCUT2D eigenvalue weighted by molar-refractivity contribution is 7.92. The number of hydrogen-bond donors (Lipinski definition) is 2. The van der Waals surface area contributed by atoms with Gasteiger partial charge in [0.2, 0.25) is 0 Å². The van der Waals surface area contributed by atoms with E-state index >= 15 is 0 Å². The Hall–Kier alpha value is -2.02. The van der Waals surface area contributed by atoms with Crippen LogP contribution in [0, 0.1) is 13.8 Å². The van der Waals surface area contributed by atoms with Crippen LogP contribution < -0.4 is 10.5 Å². The standard InChI is InChI=1S/C11H13N3O3S/c1-7-5-9(12)10(6-8(7)2)18(15,16)14-11-13-3-4-17-11/h3-6H,12H2,1-2H3,(H,13,14). The maximum absolute atomic E-state index is 12.1. The Labute approximate surface area is 105 Å². The predicted molar refractivity (Wildman–Crippen MR) is 67.6 cm³/mol. The van der Waals surface area contributed by atoms with Crippen LogP contribution in [0.25, 0.3) is 0 Å². The SMILES string of the molecule is Cc1cc(N)c(S(=O)(=O)Nc2ncco2)cc1C. The quantitative estimate of drug-likeness (QED) is 0.824. The zero-order valence-electron chi connectivity index (χ0n) is 9.97. The number of sulfonamides is 1. The van der Waals surface area contributed by atoms with E-state index in [1.165, 1.54) is 18.5 Å². The molecule has 0 amide bonds. The first-order valence-corrected chi connectivity index (χ1v) is 6.67. The first-order valence-electron chi connectivity index (χ1n) is 5.19. The van der Waals surface area contributed by atoms with Crippen LogP contribution in [0.4, 0.5) is 11.7 Å². The van der Waals surface area contributed by atoms with Crippen LogP contribution in [-0.4, -0.2) is 13.4 Å². The smallest absolute Gasteiger partial charge is 0.308 e. The van der Waals surface area contributed by atoms with Crippen molar-refractivity contribution in [3.63, 3.8) is 0 Å². The van der Waals surface area contributed by atoms with Gasteiger partial charge in [-0.3, -0.25) is 0 Å². The van der Waals surface area contributed by atoms with Gasteiger partial charge in [0.1, 0.15) is 11.2 Å². The summed E-state index contributed by atoms with van der Waals surface area (Å²) in [6, 6.07) is 3.06. The van der Waals surface area contributed by atoms with Crippen molar-refractivity contribution in [1.29, 1.82) is 0 Å². The Morgan fingerprint density at radius 3 is 2.56 bits per heavy atom. The minimum atomic E-state index is -3.78. The highest BCUT2D eigenvalue weighted by Crippen LogP contribution is 2.24. The molecule has 0 saturated carbocycles. The van der Waals surface area contributed by atoms with Crippen molar-refractivity contribution in [3.05, 3.63) is 35.7 Å². The molecule has 1 heterocycles. The lowest BCUT2D eigenvalue weighted by Crippen LogP contribution is -2.15. The first kappa shape index (κ1) is 12.4. The summed E-state index contributed by atoms with van der Waals surface area (Å²) in [5, 5.41) is 0. The van der Waals surface area contributed by atoms with Gasteiger partial charge in [-0.25, -0.2) is 18.1 Å². The second-order valence-corrected chi connectivity index (χ2v) is 5.57. The van der Waals surface area contributed by atoms with Crippen molar-refractivity contribution in [1.82, 2.24) is 4.98 Å². The summed E-state index contributed by atoms with van der Waals surface area (Å²) in [6.45, 7) is 3.68. The first-order chi connectivity index (χ1) is 8.40. The van der Waals surface area contributed by atoms with Crippen molar-refractivity contribution < 1.29 is 12.8 Å². The lowest BCUT2D eigenvalue weighted by molar-refractivity contribution is 0.570. The molecule has 1 aromatic heterocycles. The minimum absolute atomic E-state index is 0.0174. The van der Waals surface area contributed by atoms with Gasteiger partial charge < -0.3 is 10.2 Å². The van der Waals surface area contributed by atoms with E-state index in [9.17, 15) is 8.42 Å². The summed E-state index contributed by atoms with van der Waals surface area (Å²) in [6.07, 6.45) is 2.63. The summed E-state index contributed by atoms with van der Waals surface area (Å²) in [5.41, 5.74) is 7.70. The molecule has 2 aromatic rings. The van der Waals surface area contributed by atoms with Crippen molar-refractivity contribution in [3.8, 4) is 0 Å². The van der Waals surface area contributed by atoms with E-state index < -0.39 is 10.0 Å². The Kier molecular flexibility index (Phi) is 3.00. The number of aromatic nitrogens is 1. The second-order valence-electron chi connectivity index (χ2n) is 3.92. The number of anilines is 2. The van der Waals surface area contributed by atoms with Gasteiger partial charge in [0.25, 0.3) is 10.0 Å². The molecule has 0 atom stereocenters. The molecule has 0 aliphatic carbocycles. The molecule has 1 aromatic carbocycles. The molecule has 2 rings (SSSR count). The summed E-state index contributed by atoms with van der Waals surface area (Å²) in [5.74, 6) is 0. The molecule has 0 radical (unpaired) electrons. The van der Waals surface area contributed by atoms with E-state index in [2.05, 4.69) is 9.71 Å². The third kappa shape index (κ3) is 2.30. The zero-order chi connectivity index (χ0) is 13.3. The van der Waals surface area contributed by atoms with Crippen LogP contribution in [0.15, 0.2) is 33.9 Å². The minimum Gasteiger partial charge on any atom is -0.432 e. The average Bonchev–Trinajstić information content (AvgIpc) is 2.75. The van der Waals surface area contributed by atoms with Gasteiger partial charge in [0.15, 0.2) is 0 Å². The lowest BCUT2D eigenvalue weighted by Gasteiger charge is -2.10. The molecule has 0 spiro atoms. The number of nitrogen functional groups attached to an aromatic ring is 1. The summed E-state index contributed by atoms with van der Waals surface area (Å²) in [4.78, 5) is 3.72. The van der Waals surface area contributed by atoms with E-state index in [0.29, 0.717) is 0 Å². The molecule has 0 aliphatic heterocycles. The van der Waals surface area contributed by atoms with Gasteiger partial charge in [0, 0.05) is 0 Å². The van der Waals surface area contributed by atoms with Gasteiger partial charge >= 0.3 is 6.01 Å². The van der Waals surface area contributed by atoms with Gasteiger partial charge in [-0.05, 0) is 37.1 Å². The number of hydrogen-bond acceptors (Lipinski definition) is 5. The molecule has 0 aliphatic rings. The fourth-order valence-electron chi connectivity index (χ4n) is 1.49. The Balaban J connectivity index is 2.44. The molecule has 18 heavy (non-hydrogen) atoms. The highest BCUT2D eigenvalue weighted by atomic mass is 32.2. The van der Waals surface area contributed by atoms with Crippen LogP contribution in [-0.2, 0) is 10.0 Å². The third-order valence-electron chi connectivity index (χ3n) is 2.57. The van der Waals surface area contributed by atoms with E-state index in [-0.39, 0.29) is 16.6 Å². The van der Waals surface area contributed by atoms with Gasteiger partial charge in [-0.2, -0.15) is 0 Å². The number of nitrogens with two attached hydrogens (primary N) is 1. The average molecular weight is 267 g/mol. The molecule has 7 heteroatoms. The topological polar surface area (TPSA) is 98.2 Å². The molecule has 0 unspecified atom stereocenters. The number of aryl methyl sites for hydroxylation is 2. The normalized spacial score (nSPS) is 11.4. The van der Waals surface area contributed by atoms with E-state index in [1.54, 1.807) is 6.07 Å². The number of nitrogens with one attached hydrogen (secondary N) is 1. The number of benzene rings is 1. The largest absolute Gasteiger partial charge is 0.432 e. The summed E-state index contributed by atoms with van der Waals surface area (Å²) < 4.78 is 31.2. The third-order valence-corrected chi connectivity index (χ3v) is 3.95. The molecule has 0 saturated heterocycles. The Morgan fingerprint density at radius 1 is 1.28 bits per heavy atom. The molecule has 0 fully saturated rings. The number of rotatable bonds is 3. The predicted octanol–water partition coefficient (Wildman–Crippen LogP) is 1.67. The molecule has 3 N–H and O–H groups in total. The lowest BCUT2D eigenvalue weighted by atomic mass is 10.1. The van der Waals surface area contributed by atoms with Gasteiger partial charge in [-0.1, -0.05) is 0 Å². The van der Waals surface area contributed by atoms with Crippen molar-refractivity contribution in [2.24, 2.45) is 0 Å². The van der Waals surface area contributed by atoms with Crippen LogP contribution in [0.1, 0.15) is 11.1 Å². The molecule has 0 bridgehead atoms.